The Morgan fingerprint density at radius 3 is 2.26 bits per heavy atom. The Bertz CT molecular complexity index is 1190. The minimum absolute atomic E-state index is 0.146. The molecule has 0 aliphatic rings. The van der Waals surface area contributed by atoms with Gasteiger partial charge in [0.15, 0.2) is 0 Å². The normalized spacial score (nSPS) is 11.0. The molecule has 0 bridgehead atoms. The van der Waals surface area contributed by atoms with Crippen LogP contribution in [0.3, 0.4) is 0 Å². The first-order valence-corrected chi connectivity index (χ1v) is 10.9. The molecular weight excluding hydrogens is 416 g/mol. The molecule has 0 saturated carbocycles. The zero-order chi connectivity index (χ0) is 22.6. The van der Waals surface area contributed by atoms with E-state index in [2.05, 4.69) is 5.32 Å². The number of carbonyl (C=O) groups excluding carboxylic acids is 1. The summed E-state index contributed by atoms with van der Waals surface area (Å²) in [5, 5.41) is 2.78. The molecule has 0 fully saturated rings. The summed E-state index contributed by atoms with van der Waals surface area (Å²) < 4.78 is 37.8. The standard InChI is InChI=1S/C23H24N2O5S/c1-16-9-12-18(13-10-16)31(27,28)25(2)21-8-6-5-7-19(21)23(26)24-20-14-11-17(29-3)15-22(20)30-4/h5-15H,1-4H3,(H,24,26). The van der Waals surface area contributed by atoms with Crippen molar-refractivity contribution in [2.45, 2.75) is 11.8 Å². The van der Waals surface area contributed by atoms with Gasteiger partial charge in [-0.3, -0.25) is 9.10 Å². The Balaban J connectivity index is 1.95. The fourth-order valence-corrected chi connectivity index (χ4v) is 4.24. The van der Waals surface area contributed by atoms with Crippen molar-refractivity contribution in [3.05, 3.63) is 77.9 Å². The summed E-state index contributed by atoms with van der Waals surface area (Å²) in [6.07, 6.45) is 0. The SMILES string of the molecule is COc1ccc(NC(=O)c2ccccc2N(C)S(=O)(=O)c2ccc(C)cc2)c(OC)c1. The van der Waals surface area contributed by atoms with Gasteiger partial charge < -0.3 is 14.8 Å². The van der Waals surface area contributed by atoms with Crippen LogP contribution in [0.25, 0.3) is 0 Å². The molecule has 8 heteroatoms. The number of ether oxygens (including phenoxy) is 2. The maximum Gasteiger partial charge on any atom is 0.264 e. The third kappa shape index (κ3) is 4.64. The highest BCUT2D eigenvalue weighted by Gasteiger charge is 2.25. The van der Waals surface area contributed by atoms with Gasteiger partial charge in [0.25, 0.3) is 15.9 Å². The van der Waals surface area contributed by atoms with Gasteiger partial charge in [0, 0.05) is 13.1 Å². The molecule has 0 spiro atoms. The summed E-state index contributed by atoms with van der Waals surface area (Å²) in [6, 6.07) is 18.1. The van der Waals surface area contributed by atoms with Crippen LogP contribution >= 0.6 is 0 Å². The van der Waals surface area contributed by atoms with Crippen LogP contribution < -0.4 is 19.1 Å². The third-order valence-electron chi connectivity index (χ3n) is 4.82. The summed E-state index contributed by atoms with van der Waals surface area (Å²) in [4.78, 5) is 13.2. The van der Waals surface area contributed by atoms with Crippen molar-refractivity contribution < 1.29 is 22.7 Å². The van der Waals surface area contributed by atoms with Crippen LogP contribution in [0, 0.1) is 6.92 Å². The smallest absolute Gasteiger partial charge is 0.264 e. The number of methoxy groups -OCH3 is 2. The first-order chi connectivity index (χ1) is 14.8. The largest absolute Gasteiger partial charge is 0.497 e. The molecule has 3 aromatic rings. The highest BCUT2D eigenvalue weighted by molar-refractivity contribution is 7.92. The molecule has 7 nitrogen and oxygen atoms in total. The van der Waals surface area contributed by atoms with Crippen molar-refractivity contribution in [1.82, 2.24) is 0 Å². The Morgan fingerprint density at radius 2 is 1.61 bits per heavy atom. The van der Waals surface area contributed by atoms with Gasteiger partial charge in [-0.1, -0.05) is 29.8 Å². The average Bonchev–Trinajstić information content (AvgIpc) is 2.79. The highest BCUT2D eigenvalue weighted by Crippen LogP contribution is 2.31. The molecule has 1 amide bonds. The number of aryl methyl sites for hydroxylation is 1. The number of carbonyl (C=O) groups is 1. The predicted molar refractivity (Wildman–Crippen MR) is 121 cm³/mol. The zero-order valence-electron chi connectivity index (χ0n) is 17.7. The first kappa shape index (κ1) is 22.2. The molecule has 0 unspecified atom stereocenters. The summed E-state index contributed by atoms with van der Waals surface area (Å²) in [5.74, 6) is 0.537. The molecule has 1 N–H and O–H groups in total. The lowest BCUT2D eigenvalue weighted by Gasteiger charge is -2.22. The lowest BCUT2D eigenvalue weighted by atomic mass is 10.1. The second kappa shape index (κ2) is 9.09. The minimum Gasteiger partial charge on any atom is -0.497 e. The van der Waals surface area contributed by atoms with E-state index in [-0.39, 0.29) is 16.1 Å². The molecule has 0 radical (unpaired) electrons. The molecule has 0 aromatic heterocycles. The molecule has 31 heavy (non-hydrogen) atoms. The number of hydrogen-bond acceptors (Lipinski definition) is 5. The van der Waals surface area contributed by atoms with E-state index in [1.165, 1.54) is 21.3 Å². The van der Waals surface area contributed by atoms with Crippen molar-refractivity contribution >= 4 is 27.3 Å². The molecule has 0 atom stereocenters. The van der Waals surface area contributed by atoms with E-state index >= 15 is 0 Å². The second-order valence-electron chi connectivity index (χ2n) is 6.82. The number of anilines is 2. The average molecular weight is 441 g/mol. The summed E-state index contributed by atoms with van der Waals surface area (Å²) in [6.45, 7) is 1.88. The summed E-state index contributed by atoms with van der Waals surface area (Å²) in [5.41, 5.74) is 1.86. The number of amides is 1. The third-order valence-corrected chi connectivity index (χ3v) is 6.61. The first-order valence-electron chi connectivity index (χ1n) is 9.46. The Kier molecular flexibility index (Phi) is 6.50. The predicted octanol–water partition coefficient (Wildman–Crippen LogP) is 4.09. The Hall–Kier alpha value is -3.52. The molecule has 0 aliphatic heterocycles. The zero-order valence-corrected chi connectivity index (χ0v) is 18.6. The van der Waals surface area contributed by atoms with E-state index in [1.807, 2.05) is 6.92 Å². The number of nitrogens with zero attached hydrogens (tertiary/aromatic N) is 1. The van der Waals surface area contributed by atoms with Crippen LogP contribution in [-0.4, -0.2) is 35.6 Å². The molecule has 162 valence electrons. The van der Waals surface area contributed by atoms with Gasteiger partial charge in [0.1, 0.15) is 11.5 Å². The van der Waals surface area contributed by atoms with E-state index in [0.717, 1.165) is 9.87 Å². The number of benzene rings is 3. The van der Waals surface area contributed by atoms with Crippen LogP contribution in [0.15, 0.2) is 71.6 Å². The van der Waals surface area contributed by atoms with Crippen LogP contribution in [0.5, 0.6) is 11.5 Å². The maximum atomic E-state index is 13.1. The van der Waals surface area contributed by atoms with E-state index in [1.54, 1.807) is 66.7 Å². The van der Waals surface area contributed by atoms with Gasteiger partial charge in [-0.2, -0.15) is 0 Å². The van der Waals surface area contributed by atoms with Crippen LogP contribution in [0.2, 0.25) is 0 Å². The van der Waals surface area contributed by atoms with E-state index < -0.39 is 15.9 Å². The van der Waals surface area contributed by atoms with Gasteiger partial charge in [-0.25, -0.2) is 8.42 Å². The van der Waals surface area contributed by atoms with Gasteiger partial charge in [0.05, 0.1) is 36.1 Å². The Labute approximate surface area is 182 Å². The van der Waals surface area contributed by atoms with Gasteiger partial charge in [0.2, 0.25) is 0 Å². The fourth-order valence-electron chi connectivity index (χ4n) is 3.03. The minimum atomic E-state index is -3.85. The molecule has 0 saturated heterocycles. The fraction of sp³-hybridized carbons (Fsp3) is 0.174. The summed E-state index contributed by atoms with van der Waals surface area (Å²) in [7, 11) is 0.600. The molecule has 0 aliphatic carbocycles. The van der Waals surface area contributed by atoms with E-state index in [4.69, 9.17) is 9.47 Å². The van der Waals surface area contributed by atoms with Gasteiger partial charge in [-0.15, -0.1) is 0 Å². The number of nitrogens with one attached hydrogen (secondary N) is 1. The van der Waals surface area contributed by atoms with E-state index in [9.17, 15) is 13.2 Å². The van der Waals surface area contributed by atoms with Crippen LogP contribution in [-0.2, 0) is 10.0 Å². The van der Waals surface area contributed by atoms with Gasteiger partial charge >= 0.3 is 0 Å². The Morgan fingerprint density at radius 1 is 0.935 bits per heavy atom. The van der Waals surface area contributed by atoms with Crippen molar-refractivity contribution in [3.63, 3.8) is 0 Å². The molecule has 3 aromatic carbocycles. The summed E-state index contributed by atoms with van der Waals surface area (Å²) >= 11 is 0. The monoisotopic (exact) mass is 440 g/mol. The lowest BCUT2D eigenvalue weighted by molar-refractivity contribution is 0.102. The van der Waals surface area contributed by atoms with E-state index in [0.29, 0.717) is 17.2 Å². The molecule has 0 heterocycles. The van der Waals surface area contributed by atoms with Crippen molar-refractivity contribution in [3.8, 4) is 11.5 Å². The maximum absolute atomic E-state index is 13.1. The topological polar surface area (TPSA) is 84.9 Å². The van der Waals surface area contributed by atoms with Crippen LogP contribution in [0.1, 0.15) is 15.9 Å². The number of rotatable bonds is 7. The van der Waals surface area contributed by atoms with Crippen LogP contribution in [0.4, 0.5) is 11.4 Å². The van der Waals surface area contributed by atoms with Crippen molar-refractivity contribution in [2.24, 2.45) is 0 Å². The highest BCUT2D eigenvalue weighted by atomic mass is 32.2. The number of hydrogen-bond donors (Lipinski definition) is 1. The molecule has 3 rings (SSSR count). The van der Waals surface area contributed by atoms with Crippen molar-refractivity contribution in [1.29, 1.82) is 0 Å². The number of para-hydroxylation sites is 1. The second-order valence-corrected chi connectivity index (χ2v) is 8.79. The molecular formula is C23H24N2O5S. The quantitative estimate of drug-likeness (QED) is 0.598. The number of sulfonamides is 1. The van der Waals surface area contributed by atoms with Crippen molar-refractivity contribution in [2.75, 3.05) is 30.9 Å². The lowest BCUT2D eigenvalue weighted by Crippen LogP contribution is -2.29. The van der Waals surface area contributed by atoms with Gasteiger partial charge in [-0.05, 0) is 43.3 Å².